The number of nitrogens with two attached hydrogens (primary N) is 1. The number of furan rings is 1. The molecule has 11 heteroatoms. The number of carbonyl (C=O) groups excluding carboxylic acids is 2. The maximum Gasteiger partial charge on any atom is 0.255 e. The Labute approximate surface area is 248 Å². The number of para-hydroxylation sites is 1. The fourth-order valence-electron chi connectivity index (χ4n) is 5.01. The van der Waals surface area contributed by atoms with Crippen LogP contribution < -0.4 is 15.4 Å². The Bertz CT molecular complexity index is 2050. The first-order valence-corrected chi connectivity index (χ1v) is 14.2. The lowest BCUT2D eigenvalue weighted by molar-refractivity contribution is 0.0963. The molecule has 0 aliphatic rings. The van der Waals surface area contributed by atoms with Crippen molar-refractivity contribution in [1.29, 1.82) is 0 Å². The minimum Gasteiger partial charge on any atom is -0.455 e. The third kappa shape index (κ3) is 4.87. The van der Waals surface area contributed by atoms with Crippen LogP contribution in [0.4, 0.5) is 14.5 Å². The molecule has 3 N–H and O–H groups in total. The number of primary amides is 1. The van der Waals surface area contributed by atoms with Crippen LogP contribution in [0.15, 0.2) is 81.6 Å². The molecule has 0 fully saturated rings. The smallest absolute Gasteiger partial charge is 0.255 e. The lowest BCUT2D eigenvalue weighted by atomic mass is 9.95. The molecule has 0 aliphatic heterocycles. The molecule has 0 unspecified atom stereocenters. The van der Waals surface area contributed by atoms with Crippen LogP contribution in [0.2, 0.25) is 0 Å². The number of anilines is 1. The van der Waals surface area contributed by atoms with Gasteiger partial charge in [-0.05, 0) is 60.2 Å². The first-order chi connectivity index (χ1) is 20.7. The number of oxazole rings is 1. The van der Waals surface area contributed by atoms with Gasteiger partial charge in [0.05, 0.1) is 22.4 Å². The van der Waals surface area contributed by atoms with Gasteiger partial charge in [0, 0.05) is 42.9 Å². The summed E-state index contributed by atoms with van der Waals surface area (Å²) in [4.78, 5) is 29.9. The molecule has 0 bridgehead atoms. The summed E-state index contributed by atoms with van der Waals surface area (Å²) >= 11 is 1.45. The van der Waals surface area contributed by atoms with E-state index in [1.807, 2.05) is 29.7 Å². The highest BCUT2D eigenvalue weighted by Crippen LogP contribution is 2.43. The number of amides is 2. The molecule has 6 rings (SSSR count). The first-order valence-electron chi connectivity index (χ1n) is 13.1. The molecule has 6 aromatic rings. The van der Waals surface area contributed by atoms with Crippen LogP contribution >= 0.6 is 11.9 Å². The van der Waals surface area contributed by atoms with Crippen molar-refractivity contribution in [2.24, 2.45) is 5.73 Å². The van der Waals surface area contributed by atoms with Crippen LogP contribution in [0.3, 0.4) is 0 Å². The van der Waals surface area contributed by atoms with Crippen molar-refractivity contribution in [3.63, 3.8) is 0 Å². The van der Waals surface area contributed by atoms with E-state index in [0.29, 0.717) is 33.4 Å². The van der Waals surface area contributed by atoms with Crippen LogP contribution in [0, 0.1) is 11.6 Å². The molecule has 216 valence electrons. The van der Waals surface area contributed by atoms with Gasteiger partial charge < -0.3 is 24.2 Å². The second-order valence-electron chi connectivity index (χ2n) is 9.67. The Morgan fingerprint density at radius 1 is 0.930 bits per heavy atom. The number of halogens is 2. The third-order valence-corrected chi connectivity index (χ3v) is 7.92. The van der Waals surface area contributed by atoms with E-state index in [1.54, 1.807) is 36.4 Å². The van der Waals surface area contributed by atoms with Crippen molar-refractivity contribution in [2.45, 2.75) is 0 Å². The van der Waals surface area contributed by atoms with Gasteiger partial charge in [0.2, 0.25) is 11.8 Å². The van der Waals surface area contributed by atoms with E-state index in [1.165, 1.54) is 43.3 Å². The normalized spacial score (nSPS) is 11.3. The summed E-state index contributed by atoms with van der Waals surface area (Å²) in [6.45, 7) is 0. The Hall–Kier alpha value is -5.16. The number of nitrogens with zero attached hydrogens (tertiary/aromatic N) is 2. The first kappa shape index (κ1) is 28.0. The summed E-state index contributed by atoms with van der Waals surface area (Å²) in [5.41, 5.74) is 9.73. The SMILES string of the molecule is CNC(=O)c1c(-c2ccc(F)cc2)oc2cc(N(C)SC)c(-c3ccc(C(N)=O)c(-c4nc5c(F)cccc5o4)c3)cc12. The largest absolute Gasteiger partial charge is 0.455 e. The summed E-state index contributed by atoms with van der Waals surface area (Å²) in [5.74, 6) is -1.73. The summed E-state index contributed by atoms with van der Waals surface area (Å²) in [5, 5.41) is 3.19. The zero-order chi connectivity index (χ0) is 30.4. The quantitative estimate of drug-likeness (QED) is 0.190. The molecular weight excluding hydrogens is 574 g/mol. The van der Waals surface area contributed by atoms with E-state index in [4.69, 9.17) is 14.6 Å². The topological polar surface area (TPSA) is 115 Å². The minimum absolute atomic E-state index is 0.0319. The zero-order valence-electron chi connectivity index (χ0n) is 23.2. The van der Waals surface area contributed by atoms with Crippen LogP contribution in [-0.2, 0) is 0 Å². The number of nitrogens with one attached hydrogen (secondary N) is 1. The molecule has 2 aromatic heterocycles. The van der Waals surface area contributed by atoms with Crippen molar-refractivity contribution in [3.8, 4) is 33.9 Å². The Morgan fingerprint density at radius 2 is 1.67 bits per heavy atom. The van der Waals surface area contributed by atoms with E-state index in [0.717, 1.165) is 5.69 Å². The fraction of sp³-hybridized carbons (Fsp3) is 0.0938. The van der Waals surface area contributed by atoms with Gasteiger partial charge in [-0.15, -0.1) is 0 Å². The molecule has 0 spiro atoms. The molecule has 0 aliphatic carbocycles. The van der Waals surface area contributed by atoms with Crippen molar-refractivity contribution < 1.29 is 27.2 Å². The molecular formula is C32H24F2N4O4S. The number of fused-ring (bicyclic) bond motifs is 2. The van der Waals surface area contributed by atoms with Gasteiger partial charge in [-0.2, -0.15) is 0 Å². The average Bonchev–Trinajstić information content (AvgIpc) is 3.62. The summed E-state index contributed by atoms with van der Waals surface area (Å²) in [6.07, 6.45) is 1.91. The number of carbonyl (C=O) groups is 2. The number of rotatable bonds is 7. The number of hydrogen-bond acceptors (Lipinski definition) is 7. The van der Waals surface area contributed by atoms with Crippen molar-refractivity contribution in [1.82, 2.24) is 10.3 Å². The lowest BCUT2D eigenvalue weighted by Gasteiger charge is -2.20. The molecule has 0 radical (unpaired) electrons. The maximum atomic E-state index is 14.4. The Kier molecular flexibility index (Phi) is 7.10. The molecule has 8 nitrogen and oxygen atoms in total. The number of aromatic nitrogens is 1. The van der Waals surface area contributed by atoms with Crippen LogP contribution in [0.5, 0.6) is 0 Å². The third-order valence-electron chi connectivity index (χ3n) is 7.18. The Balaban J connectivity index is 1.62. The zero-order valence-corrected chi connectivity index (χ0v) is 24.0. The summed E-state index contributed by atoms with van der Waals surface area (Å²) in [6, 6.07) is 18.7. The predicted octanol–water partition coefficient (Wildman–Crippen LogP) is 7.03. The van der Waals surface area contributed by atoms with Crippen molar-refractivity contribution in [2.75, 3.05) is 24.7 Å². The van der Waals surface area contributed by atoms with Crippen LogP contribution in [-0.4, -0.2) is 37.1 Å². The van der Waals surface area contributed by atoms with Gasteiger partial charge in [-0.25, -0.2) is 13.8 Å². The van der Waals surface area contributed by atoms with Crippen molar-refractivity contribution >= 4 is 51.5 Å². The summed E-state index contributed by atoms with van der Waals surface area (Å²) < 4.78 is 42.1. The number of hydrogen-bond donors (Lipinski definition) is 2. The monoisotopic (exact) mass is 598 g/mol. The minimum atomic E-state index is -0.707. The van der Waals surface area contributed by atoms with E-state index >= 15 is 0 Å². The van der Waals surface area contributed by atoms with Gasteiger partial charge in [0.1, 0.15) is 22.7 Å². The lowest BCUT2D eigenvalue weighted by Crippen LogP contribution is -2.18. The van der Waals surface area contributed by atoms with E-state index < -0.39 is 17.5 Å². The highest BCUT2D eigenvalue weighted by atomic mass is 32.2. The Morgan fingerprint density at radius 3 is 2.35 bits per heavy atom. The second-order valence-corrected chi connectivity index (χ2v) is 10.6. The maximum absolute atomic E-state index is 14.4. The highest BCUT2D eigenvalue weighted by molar-refractivity contribution is 7.99. The fourth-order valence-corrected chi connectivity index (χ4v) is 5.36. The molecule has 43 heavy (non-hydrogen) atoms. The van der Waals surface area contributed by atoms with Gasteiger partial charge >= 0.3 is 0 Å². The molecule has 2 amide bonds. The molecule has 2 heterocycles. The number of benzene rings is 4. The molecule has 0 saturated carbocycles. The highest BCUT2D eigenvalue weighted by Gasteiger charge is 2.25. The van der Waals surface area contributed by atoms with Crippen LogP contribution in [0.1, 0.15) is 20.7 Å². The average molecular weight is 599 g/mol. The van der Waals surface area contributed by atoms with Gasteiger partial charge in [-0.3, -0.25) is 9.59 Å². The second kappa shape index (κ2) is 10.9. The molecule has 4 aromatic carbocycles. The van der Waals surface area contributed by atoms with E-state index in [9.17, 15) is 18.4 Å². The van der Waals surface area contributed by atoms with Gasteiger partial charge in [0.15, 0.2) is 11.4 Å². The van der Waals surface area contributed by atoms with Crippen LogP contribution in [0.25, 0.3) is 56.0 Å². The van der Waals surface area contributed by atoms with Gasteiger partial charge in [-0.1, -0.05) is 24.1 Å². The van der Waals surface area contributed by atoms with Gasteiger partial charge in [0.25, 0.3) is 5.91 Å². The standard InChI is InChI=1S/C32H24F2N4O4S/c1-36-31(40)27-22-14-20(24(38(2)43-3)15-26(22)41-29(27)16-7-10-18(33)11-8-16)17-9-12-19(30(35)39)21(13-17)32-37-28-23(34)5-4-6-25(28)42-32/h4-15H,1-3H3,(H2,35,39)(H,36,40). The molecule has 0 saturated heterocycles. The molecule has 0 atom stereocenters. The van der Waals surface area contributed by atoms with E-state index in [2.05, 4.69) is 10.3 Å². The van der Waals surface area contributed by atoms with E-state index in [-0.39, 0.29) is 39.6 Å². The summed E-state index contributed by atoms with van der Waals surface area (Å²) in [7, 11) is 3.39. The predicted molar refractivity (Wildman–Crippen MR) is 164 cm³/mol. The van der Waals surface area contributed by atoms with Crippen molar-refractivity contribution in [3.05, 3.63) is 95.6 Å².